The third-order valence-corrected chi connectivity index (χ3v) is 5.23. The lowest BCUT2D eigenvalue weighted by atomic mass is 10.2. The van der Waals surface area contributed by atoms with Crippen molar-refractivity contribution >= 4 is 44.2 Å². The molecule has 0 spiro atoms. The highest BCUT2D eigenvalue weighted by molar-refractivity contribution is 14.1. The summed E-state index contributed by atoms with van der Waals surface area (Å²) in [5, 5.41) is 3.97. The molecule has 10 heteroatoms. The van der Waals surface area contributed by atoms with E-state index in [-0.39, 0.29) is 22.2 Å². The number of nitrogens with two attached hydrogens (primary N) is 1. The van der Waals surface area contributed by atoms with Crippen molar-refractivity contribution in [1.82, 2.24) is 0 Å². The summed E-state index contributed by atoms with van der Waals surface area (Å²) in [7, 11) is -3.87. The first kappa shape index (κ1) is 16.5. The fourth-order valence-corrected chi connectivity index (χ4v) is 3.57. The molecular weight excluding hydrogens is 424 g/mol. The van der Waals surface area contributed by atoms with Crippen LogP contribution in [0.15, 0.2) is 18.2 Å². The van der Waals surface area contributed by atoms with E-state index in [1.165, 1.54) is 0 Å². The van der Waals surface area contributed by atoms with E-state index >= 15 is 0 Å². The molecule has 0 aromatic heterocycles. The zero-order valence-corrected chi connectivity index (χ0v) is 13.4. The molecule has 1 aromatic rings. The molecule has 1 aliphatic rings. The number of hydrogen-bond donors (Lipinski definition) is 1. The van der Waals surface area contributed by atoms with Gasteiger partial charge < -0.3 is 4.90 Å². The van der Waals surface area contributed by atoms with Crippen LogP contribution in [0.5, 0.6) is 0 Å². The van der Waals surface area contributed by atoms with Gasteiger partial charge >= 0.3 is 6.18 Å². The van der Waals surface area contributed by atoms with Gasteiger partial charge in [-0.2, -0.15) is 13.2 Å². The van der Waals surface area contributed by atoms with E-state index in [0.29, 0.717) is 0 Å². The van der Waals surface area contributed by atoms with Crippen LogP contribution in [-0.4, -0.2) is 26.1 Å². The van der Waals surface area contributed by atoms with Gasteiger partial charge in [0.1, 0.15) is 5.25 Å². The first-order chi connectivity index (χ1) is 9.50. The molecular formula is C11H10F3IN2O3S. The number of rotatable bonds is 2. The number of carbonyl (C=O) groups excluding carboxylic acids is 1. The Morgan fingerprint density at radius 3 is 2.38 bits per heavy atom. The summed E-state index contributed by atoms with van der Waals surface area (Å²) in [4.78, 5) is 13.0. The number of carbonyl (C=O) groups is 1. The third kappa shape index (κ3) is 3.48. The first-order valence-corrected chi connectivity index (χ1v) is 8.37. The van der Waals surface area contributed by atoms with Crippen molar-refractivity contribution in [1.29, 1.82) is 0 Å². The number of amides is 1. The Balaban J connectivity index is 2.34. The number of benzene rings is 1. The highest BCUT2D eigenvalue weighted by Crippen LogP contribution is 2.35. The van der Waals surface area contributed by atoms with Crippen molar-refractivity contribution in [2.75, 3.05) is 11.4 Å². The van der Waals surface area contributed by atoms with Crippen molar-refractivity contribution in [2.24, 2.45) is 5.14 Å². The Kier molecular flexibility index (Phi) is 4.23. The van der Waals surface area contributed by atoms with Crippen LogP contribution in [0.2, 0.25) is 0 Å². The zero-order valence-electron chi connectivity index (χ0n) is 10.4. The Labute approximate surface area is 132 Å². The van der Waals surface area contributed by atoms with Gasteiger partial charge in [0.2, 0.25) is 15.9 Å². The Hall–Kier alpha value is -0.880. The molecule has 1 atom stereocenters. The van der Waals surface area contributed by atoms with Crippen LogP contribution in [0.4, 0.5) is 18.9 Å². The third-order valence-electron chi connectivity index (χ3n) is 3.12. The fourth-order valence-electron chi connectivity index (χ4n) is 2.03. The summed E-state index contributed by atoms with van der Waals surface area (Å²) in [6.07, 6.45) is -4.74. The smallest absolute Gasteiger partial charge is 0.310 e. The number of hydrogen-bond acceptors (Lipinski definition) is 3. The molecule has 1 fully saturated rings. The van der Waals surface area contributed by atoms with E-state index in [1.54, 1.807) is 22.6 Å². The van der Waals surface area contributed by atoms with Crippen LogP contribution in [0, 0.1) is 3.57 Å². The maximum Gasteiger partial charge on any atom is 0.416 e. The lowest BCUT2D eigenvalue weighted by Crippen LogP contribution is -2.32. The molecule has 1 heterocycles. The predicted octanol–water partition coefficient (Wildman–Crippen LogP) is 1.70. The second kappa shape index (κ2) is 5.39. The van der Waals surface area contributed by atoms with Gasteiger partial charge in [-0.25, -0.2) is 13.6 Å². The number of nitrogens with zero attached hydrogens (tertiary/aromatic N) is 1. The zero-order chi connectivity index (χ0) is 16.0. The molecule has 1 aromatic carbocycles. The second-order valence-electron chi connectivity index (χ2n) is 4.58. The lowest BCUT2D eigenvalue weighted by Gasteiger charge is -2.19. The topological polar surface area (TPSA) is 80.5 Å². The fraction of sp³-hybridized carbons (Fsp3) is 0.364. The Morgan fingerprint density at radius 1 is 1.33 bits per heavy atom. The molecule has 0 bridgehead atoms. The van der Waals surface area contributed by atoms with Crippen LogP contribution in [-0.2, 0) is 21.0 Å². The number of anilines is 1. The monoisotopic (exact) mass is 434 g/mol. The maximum absolute atomic E-state index is 12.6. The van der Waals surface area contributed by atoms with E-state index in [2.05, 4.69) is 0 Å². The first-order valence-electron chi connectivity index (χ1n) is 5.69. The summed E-state index contributed by atoms with van der Waals surface area (Å²) in [6, 6.07) is 2.93. The molecule has 1 saturated heterocycles. The van der Waals surface area contributed by atoms with Gasteiger partial charge in [-0.3, -0.25) is 4.79 Å². The number of halogens is 4. The molecule has 5 nitrogen and oxygen atoms in total. The number of primary sulfonamides is 1. The van der Waals surface area contributed by atoms with Gasteiger partial charge in [-0.05, 0) is 40.8 Å². The summed E-state index contributed by atoms with van der Waals surface area (Å²) < 4.78 is 60.5. The molecule has 1 aliphatic heterocycles. The number of sulfonamides is 1. The van der Waals surface area contributed by atoms with Gasteiger partial charge in [0.25, 0.3) is 0 Å². The van der Waals surface area contributed by atoms with Gasteiger partial charge in [0.05, 0.1) is 11.3 Å². The molecule has 1 amide bonds. The molecule has 1 unspecified atom stereocenters. The van der Waals surface area contributed by atoms with E-state index in [9.17, 15) is 26.4 Å². The molecule has 0 aliphatic carbocycles. The molecule has 21 heavy (non-hydrogen) atoms. The van der Waals surface area contributed by atoms with Crippen molar-refractivity contribution in [3.05, 3.63) is 27.3 Å². The van der Waals surface area contributed by atoms with Gasteiger partial charge in [0, 0.05) is 16.5 Å². The Bertz CT molecular complexity index is 690. The standard InChI is InChI=1S/C11H10F3IN2O3S/c12-11(13,14)6-1-2-9(8(15)3-6)17-5-7(4-10(17)18)21(16,19)20/h1-3,7H,4-5H2,(H2,16,19,20). The summed E-state index contributed by atoms with van der Waals surface area (Å²) >= 11 is 1.68. The van der Waals surface area contributed by atoms with Gasteiger partial charge in [0.15, 0.2) is 0 Å². The van der Waals surface area contributed by atoms with E-state index in [0.717, 1.165) is 23.1 Å². The quantitative estimate of drug-likeness (QED) is 0.720. The average Bonchev–Trinajstić information content (AvgIpc) is 2.70. The van der Waals surface area contributed by atoms with Crippen LogP contribution >= 0.6 is 22.6 Å². The molecule has 0 saturated carbocycles. The van der Waals surface area contributed by atoms with Gasteiger partial charge in [-0.1, -0.05) is 0 Å². The second-order valence-corrected chi connectivity index (χ2v) is 7.59. The van der Waals surface area contributed by atoms with Crippen LogP contribution in [0.1, 0.15) is 12.0 Å². The van der Waals surface area contributed by atoms with Crippen molar-refractivity contribution in [2.45, 2.75) is 17.8 Å². The van der Waals surface area contributed by atoms with Crippen LogP contribution in [0.3, 0.4) is 0 Å². The van der Waals surface area contributed by atoms with Crippen molar-refractivity contribution < 1.29 is 26.4 Å². The molecule has 116 valence electrons. The predicted molar refractivity (Wildman–Crippen MR) is 78.0 cm³/mol. The molecule has 2 rings (SSSR count). The highest BCUT2D eigenvalue weighted by Gasteiger charge is 2.38. The minimum atomic E-state index is -4.48. The minimum absolute atomic E-state index is 0.154. The van der Waals surface area contributed by atoms with E-state index in [1.807, 2.05) is 0 Å². The van der Waals surface area contributed by atoms with Crippen molar-refractivity contribution in [3.63, 3.8) is 0 Å². The maximum atomic E-state index is 12.6. The SMILES string of the molecule is NS(=O)(=O)C1CC(=O)N(c2ccc(C(F)(F)F)cc2I)C1. The minimum Gasteiger partial charge on any atom is -0.310 e. The molecule has 2 N–H and O–H groups in total. The highest BCUT2D eigenvalue weighted by atomic mass is 127. The summed E-state index contributed by atoms with van der Waals surface area (Å²) in [6.45, 7) is -0.154. The van der Waals surface area contributed by atoms with Crippen LogP contribution < -0.4 is 10.0 Å². The lowest BCUT2D eigenvalue weighted by molar-refractivity contribution is -0.137. The van der Waals surface area contributed by atoms with E-state index < -0.39 is 32.9 Å². The molecule has 0 radical (unpaired) electrons. The van der Waals surface area contributed by atoms with Crippen molar-refractivity contribution in [3.8, 4) is 0 Å². The normalized spacial score (nSPS) is 20.1. The summed E-state index contributed by atoms with van der Waals surface area (Å²) in [5.41, 5.74) is -0.579. The Morgan fingerprint density at radius 2 is 1.95 bits per heavy atom. The average molecular weight is 434 g/mol. The summed E-state index contributed by atoms with van der Waals surface area (Å²) in [5.74, 6) is -0.480. The van der Waals surface area contributed by atoms with Gasteiger partial charge in [-0.15, -0.1) is 0 Å². The van der Waals surface area contributed by atoms with E-state index in [4.69, 9.17) is 5.14 Å². The van der Waals surface area contributed by atoms with Crippen LogP contribution in [0.25, 0.3) is 0 Å². The number of alkyl halides is 3. The largest absolute Gasteiger partial charge is 0.416 e.